The molecule has 0 unspecified atom stereocenters. The molecule has 88 valence electrons. The molecule has 16 heavy (non-hydrogen) atoms. The number of hydrogen-bond donors (Lipinski definition) is 1. The largest absolute Gasteiger partial charge is 0.479 e. The summed E-state index contributed by atoms with van der Waals surface area (Å²) >= 11 is 0. The fourth-order valence-electron chi connectivity index (χ4n) is 2.43. The molecule has 1 aliphatic carbocycles. The van der Waals surface area contributed by atoms with Gasteiger partial charge in [0.1, 0.15) is 0 Å². The molecular formula is C12H18N2O2. The Bertz CT molecular complexity index is 389. The molecule has 0 atom stereocenters. The summed E-state index contributed by atoms with van der Waals surface area (Å²) in [5.41, 5.74) is 0.208. The third-order valence-corrected chi connectivity index (χ3v) is 3.65. The molecule has 0 aliphatic heterocycles. The number of carboxylic acid groups (broad SMARTS) is 1. The van der Waals surface area contributed by atoms with Crippen molar-refractivity contribution < 1.29 is 9.90 Å². The molecule has 1 aliphatic rings. The summed E-state index contributed by atoms with van der Waals surface area (Å²) in [6.45, 7) is 4.12. The third kappa shape index (κ3) is 1.72. The van der Waals surface area contributed by atoms with Gasteiger partial charge in [0.25, 0.3) is 0 Å². The van der Waals surface area contributed by atoms with Crippen LogP contribution in [0.2, 0.25) is 0 Å². The molecule has 0 aromatic carbocycles. The Hall–Kier alpha value is -1.32. The molecule has 1 heterocycles. The first kappa shape index (κ1) is 11.2. The van der Waals surface area contributed by atoms with Crippen molar-refractivity contribution in [1.82, 2.24) is 9.78 Å². The summed E-state index contributed by atoms with van der Waals surface area (Å²) in [5.74, 6) is -0.119. The Morgan fingerprint density at radius 3 is 2.62 bits per heavy atom. The lowest BCUT2D eigenvalue weighted by Crippen LogP contribution is -2.45. The van der Waals surface area contributed by atoms with Gasteiger partial charge in [0.15, 0.2) is 5.54 Å². The van der Waals surface area contributed by atoms with Gasteiger partial charge in [-0.1, -0.05) is 6.92 Å². The predicted molar refractivity (Wildman–Crippen MR) is 60.2 cm³/mol. The SMILES string of the molecule is Cc1cnn(C2(C(=O)O)CCC(C)CC2)c1. The van der Waals surface area contributed by atoms with E-state index in [4.69, 9.17) is 0 Å². The fourth-order valence-corrected chi connectivity index (χ4v) is 2.43. The Morgan fingerprint density at radius 2 is 2.19 bits per heavy atom. The van der Waals surface area contributed by atoms with Crippen molar-refractivity contribution in [3.05, 3.63) is 18.0 Å². The Balaban J connectivity index is 2.33. The molecule has 1 fully saturated rings. The Morgan fingerprint density at radius 1 is 1.56 bits per heavy atom. The van der Waals surface area contributed by atoms with Crippen LogP contribution >= 0.6 is 0 Å². The van der Waals surface area contributed by atoms with Gasteiger partial charge in [-0.3, -0.25) is 4.68 Å². The number of carboxylic acids is 1. The zero-order valence-electron chi connectivity index (χ0n) is 9.81. The Labute approximate surface area is 95.3 Å². The van der Waals surface area contributed by atoms with E-state index in [9.17, 15) is 9.90 Å². The van der Waals surface area contributed by atoms with Crippen molar-refractivity contribution in [3.8, 4) is 0 Å². The number of rotatable bonds is 2. The van der Waals surface area contributed by atoms with Crippen LogP contribution in [0.3, 0.4) is 0 Å². The summed E-state index contributed by atoms with van der Waals surface area (Å²) in [4.78, 5) is 11.5. The molecule has 0 saturated heterocycles. The molecule has 0 bridgehead atoms. The van der Waals surface area contributed by atoms with Crippen molar-refractivity contribution >= 4 is 5.97 Å². The van der Waals surface area contributed by atoms with Crippen LogP contribution in [0.15, 0.2) is 12.4 Å². The van der Waals surface area contributed by atoms with Gasteiger partial charge in [0.05, 0.1) is 6.20 Å². The minimum absolute atomic E-state index is 0.629. The zero-order chi connectivity index (χ0) is 11.8. The van der Waals surface area contributed by atoms with E-state index in [0.29, 0.717) is 18.8 Å². The maximum Gasteiger partial charge on any atom is 0.331 e. The second kappa shape index (κ2) is 3.92. The maximum atomic E-state index is 11.5. The van der Waals surface area contributed by atoms with Gasteiger partial charge in [-0.2, -0.15) is 5.10 Å². The summed E-state index contributed by atoms with van der Waals surface area (Å²) in [6, 6.07) is 0. The minimum Gasteiger partial charge on any atom is -0.479 e. The first-order valence-electron chi connectivity index (χ1n) is 5.80. The highest BCUT2D eigenvalue weighted by atomic mass is 16.4. The highest BCUT2D eigenvalue weighted by molar-refractivity contribution is 5.76. The second-order valence-corrected chi connectivity index (χ2v) is 4.98. The van der Waals surface area contributed by atoms with Crippen molar-refractivity contribution in [3.63, 3.8) is 0 Å². The van der Waals surface area contributed by atoms with Crippen molar-refractivity contribution in [2.45, 2.75) is 45.1 Å². The fraction of sp³-hybridized carbons (Fsp3) is 0.667. The Kier molecular flexibility index (Phi) is 2.74. The average Bonchev–Trinajstić information content (AvgIpc) is 2.66. The highest BCUT2D eigenvalue weighted by Crippen LogP contribution is 2.37. The van der Waals surface area contributed by atoms with E-state index in [-0.39, 0.29) is 0 Å². The van der Waals surface area contributed by atoms with Gasteiger partial charge in [0.2, 0.25) is 0 Å². The standard InChI is InChI=1S/C12H18N2O2/c1-9-3-5-12(6-4-9,11(15)16)14-8-10(2)7-13-14/h7-9H,3-6H2,1-2H3,(H,15,16). The van der Waals surface area contributed by atoms with E-state index in [1.807, 2.05) is 13.1 Å². The number of aromatic nitrogens is 2. The van der Waals surface area contributed by atoms with E-state index in [2.05, 4.69) is 12.0 Å². The molecule has 2 rings (SSSR count). The number of carbonyl (C=O) groups is 1. The van der Waals surface area contributed by atoms with Crippen LogP contribution in [-0.4, -0.2) is 20.9 Å². The van der Waals surface area contributed by atoms with E-state index < -0.39 is 11.5 Å². The van der Waals surface area contributed by atoms with Gasteiger partial charge >= 0.3 is 5.97 Å². The van der Waals surface area contributed by atoms with Gasteiger partial charge in [-0.05, 0) is 44.1 Å². The van der Waals surface area contributed by atoms with Gasteiger partial charge < -0.3 is 5.11 Å². The molecule has 1 aromatic rings. The van der Waals surface area contributed by atoms with Crippen LogP contribution < -0.4 is 0 Å². The molecule has 1 aromatic heterocycles. The number of aliphatic carboxylic acids is 1. The first-order valence-corrected chi connectivity index (χ1v) is 5.80. The molecule has 1 saturated carbocycles. The predicted octanol–water partition coefficient (Wildman–Crippen LogP) is 2.18. The van der Waals surface area contributed by atoms with Gasteiger partial charge in [0, 0.05) is 6.20 Å². The number of nitrogens with zero attached hydrogens (tertiary/aromatic N) is 2. The number of hydrogen-bond acceptors (Lipinski definition) is 2. The highest BCUT2D eigenvalue weighted by Gasteiger charge is 2.43. The lowest BCUT2D eigenvalue weighted by atomic mass is 9.77. The molecule has 1 N–H and O–H groups in total. The summed E-state index contributed by atoms with van der Waals surface area (Å²) in [5, 5.41) is 13.7. The van der Waals surface area contributed by atoms with Gasteiger partial charge in [-0.25, -0.2) is 4.79 Å². The first-order chi connectivity index (χ1) is 7.54. The van der Waals surface area contributed by atoms with Crippen LogP contribution in [0.5, 0.6) is 0 Å². The molecule has 4 heteroatoms. The van der Waals surface area contributed by atoms with Crippen LogP contribution in [0.1, 0.15) is 38.2 Å². The lowest BCUT2D eigenvalue weighted by Gasteiger charge is -2.35. The van der Waals surface area contributed by atoms with E-state index in [1.165, 1.54) is 0 Å². The van der Waals surface area contributed by atoms with Crippen LogP contribution in [0.4, 0.5) is 0 Å². The molecular weight excluding hydrogens is 204 g/mol. The van der Waals surface area contributed by atoms with E-state index in [0.717, 1.165) is 18.4 Å². The normalized spacial score (nSPS) is 30.2. The van der Waals surface area contributed by atoms with Crippen LogP contribution in [0, 0.1) is 12.8 Å². The topological polar surface area (TPSA) is 55.1 Å². The average molecular weight is 222 g/mol. The summed E-state index contributed by atoms with van der Waals surface area (Å²) < 4.78 is 1.65. The van der Waals surface area contributed by atoms with E-state index in [1.54, 1.807) is 10.9 Å². The number of aryl methyl sites for hydroxylation is 1. The summed E-state index contributed by atoms with van der Waals surface area (Å²) in [6.07, 6.45) is 6.86. The molecule has 4 nitrogen and oxygen atoms in total. The third-order valence-electron chi connectivity index (χ3n) is 3.65. The van der Waals surface area contributed by atoms with Crippen molar-refractivity contribution in [2.75, 3.05) is 0 Å². The van der Waals surface area contributed by atoms with Crippen molar-refractivity contribution in [1.29, 1.82) is 0 Å². The van der Waals surface area contributed by atoms with Crippen LogP contribution in [-0.2, 0) is 10.3 Å². The van der Waals surface area contributed by atoms with Crippen LogP contribution in [0.25, 0.3) is 0 Å². The second-order valence-electron chi connectivity index (χ2n) is 4.98. The smallest absolute Gasteiger partial charge is 0.331 e. The molecule has 0 amide bonds. The van der Waals surface area contributed by atoms with Gasteiger partial charge in [-0.15, -0.1) is 0 Å². The van der Waals surface area contributed by atoms with Crippen molar-refractivity contribution in [2.24, 2.45) is 5.92 Å². The summed E-state index contributed by atoms with van der Waals surface area (Å²) in [7, 11) is 0. The lowest BCUT2D eigenvalue weighted by molar-refractivity contribution is -0.150. The zero-order valence-corrected chi connectivity index (χ0v) is 9.81. The molecule has 0 spiro atoms. The van der Waals surface area contributed by atoms with E-state index >= 15 is 0 Å². The monoisotopic (exact) mass is 222 g/mol. The maximum absolute atomic E-state index is 11.5. The quantitative estimate of drug-likeness (QED) is 0.834. The molecule has 0 radical (unpaired) electrons. The minimum atomic E-state index is -0.805.